The summed E-state index contributed by atoms with van der Waals surface area (Å²) >= 11 is 0. The van der Waals surface area contributed by atoms with E-state index in [4.69, 9.17) is 9.47 Å². The molecule has 8 nitrogen and oxygen atoms in total. The molecular weight excluding hydrogens is 334 g/mol. The van der Waals surface area contributed by atoms with Gasteiger partial charge in [0.15, 0.2) is 5.82 Å². The Labute approximate surface area is 150 Å². The normalized spacial score (nSPS) is 17.0. The van der Waals surface area contributed by atoms with Gasteiger partial charge in [0, 0.05) is 42.9 Å². The fourth-order valence-electron chi connectivity index (χ4n) is 3.17. The third-order valence-corrected chi connectivity index (χ3v) is 4.53. The van der Waals surface area contributed by atoms with Gasteiger partial charge in [-0.2, -0.15) is 4.98 Å². The molecule has 8 heteroatoms. The molecule has 1 aliphatic rings. The van der Waals surface area contributed by atoms with Crippen LogP contribution in [-0.2, 0) is 16.0 Å². The lowest BCUT2D eigenvalue weighted by Crippen LogP contribution is -2.13. The number of aromatic nitrogens is 4. The third-order valence-electron chi connectivity index (χ3n) is 4.53. The average molecular weight is 355 g/mol. The van der Waals surface area contributed by atoms with Crippen LogP contribution < -0.4 is 5.32 Å². The van der Waals surface area contributed by atoms with Crippen LogP contribution in [0.4, 0.5) is 5.95 Å². The minimum atomic E-state index is -0.241. The monoisotopic (exact) mass is 355 g/mol. The third kappa shape index (κ3) is 3.33. The molecule has 1 aromatic carbocycles. The maximum Gasteiger partial charge on any atom is 0.258 e. The number of fused-ring (bicyclic) bond motifs is 1. The molecule has 3 heterocycles. The van der Waals surface area contributed by atoms with Crippen LogP contribution in [0.3, 0.4) is 0 Å². The molecule has 1 saturated heterocycles. The number of anilines is 1. The van der Waals surface area contributed by atoms with E-state index < -0.39 is 0 Å². The Morgan fingerprint density at radius 1 is 1.46 bits per heavy atom. The second-order valence-corrected chi connectivity index (χ2v) is 6.28. The second kappa shape index (κ2) is 7.27. The summed E-state index contributed by atoms with van der Waals surface area (Å²) in [5.41, 5.74) is 1.63. The van der Waals surface area contributed by atoms with E-state index in [1.807, 2.05) is 24.4 Å². The Hall–Kier alpha value is -2.71. The van der Waals surface area contributed by atoms with Crippen LogP contribution in [0, 0.1) is 0 Å². The lowest BCUT2D eigenvalue weighted by Gasteiger charge is -2.06. The number of amides is 1. The number of methoxy groups -OCH3 is 1. The summed E-state index contributed by atoms with van der Waals surface area (Å²) in [4.78, 5) is 16.8. The molecule has 1 amide bonds. The van der Waals surface area contributed by atoms with E-state index in [2.05, 4.69) is 25.1 Å². The first kappa shape index (κ1) is 16.7. The van der Waals surface area contributed by atoms with Crippen molar-refractivity contribution in [1.82, 2.24) is 19.7 Å². The van der Waals surface area contributed by atoms with Crippen molar-refractivity contribution < 1.29 is 14.3 Å². The summed E-state index contributed by atoms with van der Waals surface area (Å²) in [6.07, 6.45) is 3.86. The van der Waals surface area contributed by atoms with Crippen molar-refractivity contribution >= 4 is 22.8 Å². The number of aromatic amines is 1. The van der Waals surface area contributed by atoms with Gasteiger partial charge in [0.05, 0.1) is 6.61 Å². The molecule has 0 aliphatic carbocycles. The number of H-pyrrole nitrogens is 1. The van der Waals surface area contributed by atoms with Crippen LogP contribution in [0.5, 0.6) is 0 Å². The van der Waals surface area contributed by atoms with E-state index in [-0.39, 0.29) is 18.0 Å². The zero-order chi connectivity index (χ0) is 17.9. The minimum absolute atomic E-state index is 0.0589. The quantitative estimate of drug-likeness (QED) is 0.708. The van der Waals surface area contributed by atoms with E-state index in [1.165, 1.54) is 0 Å². The number of nitrogens with one attached hydrogen (secondary N) is 2. The molecule has 0 radical (unpaired) electrons. The molecular formula is C18H21N5O3. The summed E-state index contributed by atoms with van der Waals surface area (Å²) in [6.45, 7) is 2.15. The first-order chi connectivity index (χ1) is 12.7. The molecule has 0 bridgehead atoms. The number of carbonyl (C=O) groups is 1. The Kier molecular flexibility index (Phi) is 4.68. The van der Waals surface area contributed by atoms with Crippen LogP contribution in [-0.4, -0.2) is 46.0 Å². The molecule has 0 unspecified atom stereocenters. The molecule has 1 aliphatic heterocycles. The molecule has 26 heavy (non-hydrogen) atoms. The van der Waals surface area contributed by atoms with Crippen LogP contribution in [0.15, 0.2) is 30.5 Å². The van der Waals surface area contributed by atoms with Gasteiger partial charge in [0.2, 0.25) is 5.95 Å². The highest BCUT2D eigenvalue weighted by Crippen LogP contribution is 2.26. The van der Waals surface area contributed by atoms with Gasteiger partial charge in [-0.05, 0) is 37.1 Å². The molecule has 3 aromatic rings. The van der Waals surface area contributed by atoms with E-state index in [1.54, 1.807) is 13.2 Å². The van der Waals surface area contributed by atoms with Gasteiger partial charge >= 0.3 is 0 Å². The summed E-state index contributed by atoms with van der Waals surface area (Å²) in [5.74, 6) is 0.677. The molecule has 1 atom stereocenters. The summed E-state index contributed by atoms with van der Waals surface area (Å²) < 4.78 is 12.8. The SMILES string of the molecule is COCCn1ccc2cc(C(=O)Nc3n[nH]c([C@@H]4CCCO4)n3)ccc21. The maximum atomic E-state index is 12.5. The molecule has 0 spiro atoms. The van der Waals surface area contributed by atoms with Crippen LogP contribution in [0.2, 0.25) is 0 Å². The Morgan fingerprint density at radius 3 is 3.19 bits per heavy atom. The highest BCUT2D eigenvalue weighted by atomic mass is 16.5. The summed E-state index contributed by atoms with van der Waals surface area (Å²) in [7, 11) is 1.68. The number of ether oxygens (including phenoxy) is 2. The largest absolute Gasteiger partial charge is 0.383 e. The summed E-state index contributed by atoms with van der Waals surface area (Å²) in [5, 5.41) is 10.6. The number of carbonyl (C=O) groups excluding carboxylic acids is 1. The Balaban J connectivity index is 1.47. The second-order valence-electron chi connectivity index (χ2n) is 6.28. The van der Waals surface area contributed by atoms with Gasteiger partial charge in [-0.15, -0.1) is 5.10 Å². The van der Waals surface area contributed by atoms with Gasteiger partial charge < -0.3 is 14.0 Å². The van der Waals surface area contributed by atoms with Crippen molar-refractivity contribution in [2.24, 2.45) is 0 Å². The van der Waals surface area contributed by atoms with E-state index in [0.717, 1.165) is 36.9 Å². The van der Waals surface area contributed by atoms with Gasteiger partial charge in [-0.1, -0.05) is 0 Å². The fourth-order valence-corrected chi connectivity index (χ4v) is 3.17. The van der Waals surface area contributed by atoms with E-state index in [9.17, 15) is 4.79 Å². The van der Waals surface area contributed by atoms with E-state index in [0.29, 0.717) is 18.0 Å². The lowest BCUT2D eigenvalue weighted by atomic mass is 10.1. The average Bonchev–Trinajstić information content (AvgIpc) is 3.39. The fraction of sp³-hybridized carbons (Fsp3) is 0.389. The van der Waals surface area contributed by atoms with Crippen LogP contribution in [0.1, 0.15) is 35.1 Å². The zero-order valence-corrected chi connectivity index (χ0v) is 14.6. The van der Waals surface area contributed by atoms with Crippen molar-refractivity contribution in [3.8, 4) is 0 Å². The first-order valence-corrected chi connectivity index (χ1v) is 8.67. The molecule has 2 N–H and O–H groups in total. The number of hydrogen-bond acceptors (Lipinski definition) is 5. The number of nitrogens with zero attached hydrogens (tertiary/aromatic N) is 3. The zero-order valence-electron chi connectivity index (χ0n) is 14.6. The highest BCUT2D eigenvalue weighted by molar-refractivity contribution is 6.05. The minimum Gasteiger partial charge on any atom is -0.383 e. The smallest absolute Gasteiger partial charge is 0.258 e. The maximum absolute atomic E-state index is 12.5. The standard InChI is InChI=1S/C18H21N5O3/c1-25-10-8-23-7-6-12-11-13(4-5-14(12)23)17(24)20-18-19-16(21-22-18)15-3-2-9-26-15/h4-7,11,15H,2-3,8-10H2,1H3,(H2,19,20,21,22,24)/t15-/m0/s1. The van der Waals surface area contributed by atoms with Crippen molar-refractivity contribution in [1.29, 1.82) is 0 Å². The van der Waals surface area contributed by atoms with Gasteiger partial charge in [-0.3, -0.25) is 15.2 Å². The summed E-state index contributed by atoms with van der Waals surface area (Å²) in [6, 6.07) is 7.59. The molecule has 2 aromatic heterocycles. The predicted molar refractivity (Wildman–Crippen MR) is 96.1 cm³/mol. The van der Waals surface area contributed by atoms with Gasteiger partial charge in [0.25, 0.3) is 5.91 Å². The molecule has 1 fully saturated rings. The lowest BCUT2D eigenvalue weighted by molar-refractivity contribution is 0.102. The number of benzene rings is 1. The first-order valence-electron chi connectivity index (χ1n) is 8.67. The molecule has 0 saturated carbocycles. The van der Waals surface area contributed by atoms with Crippen molar-refractivity contribution in [2.45, 2.75) is 25.5 Å². The van der Waals surface area contributed by atoms with Crippen molar-refractivity contribution in [3.63, 3.8) is 0 Å². The van der Waals surface area contributed by atoms with Crippen LogP contribution in [0.25, 0.3) is 10.9 Å². The number of rotatable bonds is 6. The molecule has 4 rings (SSSR count). The van der Waals surface area contributed by atoms with Crippen LogP contribution >= 0.6 is 0 Å². The Bertz CT molecular complexity index is 911. The predicted octanol–water partition coefficient (Wildman–Crippen LogP) is 2.51. The number of hydrogen-bond donors (Lipinski definition) is 2. The Morgan fingerprint density at radius 2 is 2.38 bits per heavy atom. The van der Waals surface area contributed by atoms with E-state index >= 15 is 0 Å². The highest BCUT2D eigenvalue weighted by Gasteiger charge is 2.22. The van der Waals surface area contributed by atoms with Gasteiger partial charge in [0.1, 0.15) is 6.10 Å². The van der Waals surface area contributed by atoms with Crippen molar-refractivity contribution in [2.75, 3.05) is 25.6 Å². The van der Waals surface area contributed by atoms with Crippen molar-refractivity contribution in [3.05, 3.63) is 41.9 Å². The molecule has 136 valence electrons. The van der Waals surface area contributed by atoms with Gasteiger partial charge in [-0.25, -0.2) is 0 Å². The topological polar surface area (TPSA) is 94.1 Å².